The molecule has 6 nitrogen and oxygen atoms in total. The highest BCUT2D eigenvalue weighted by Crippen LogP contribution is 2.34. The molecular formula is C14H14ClN3O3. The molecule has 2 heterocycles. The van der Waals surface area contributed by atoms with Crippen LogP contribution in [0.15, 0.2) is 27.4 Å². The number of anilines is 1. The van der Waals surface area contributed by atoms with Crippen molar-refractivity contribution in [2.24, 2.45) is 0 Å². The number of aromatic nitrogens is 2. The van der Waals surface area contributed by atoms with Gasteiger partial charge in [-0.2, -0.15) is 4.68 Å². The van der Waals surface area contributed by atoms with Crippen LogP contribution in [0.25, 0.3) is 0 Å². The maximum Gasteiger partial charge on any atom is 0.437 e. The molecular weight excluding hydrogens is 294 g/mol. The minimum atomic E-state index is -0.621. The minimum Gasteiger partial charge on any atom is -0.393 e. The topological polar surface area (TPSA) is 68.3 Å². The van der Waals surface area contributed by atoms with Crippen LogP contribution in [-0.2, 0) is 17.8 Å². The van der Waals surface area contributed by atoms with Crippen LogP contribution in [0.5, 0.6) is 0 Å². The van der Waals surface area contributed by atoms with Gasteiger partial charge in [-0.25, -0.2) is 4.79 Å². The van der Waals surface area contributed by atoms with E-state index in [0.29, 0.717) is 5.02 Å². The molecule has 0 aliphatic carbocycles. The highest BCUT2D eigenvalue weighted by Gasteiger charge is 2.31. The van der Waals surface area contributed by atoms with E-state index in [-0.39, 0.29) is 24.4 Å². The third kappa shape index (κ3) is 2.47. The van der Waals surface area contributed by atoms with Crippen molar-refractivity contribution in [2.45, 2.75) is 32.9 Å². The molecule has 0 fully saturated rings. The van der Waals surface area contributed by atoms with E-state index in [9.17, 15) is 9.59 Å². The van der Waals surface area contributed by atoms with Crippen molar-refractivity contribution in [3.8, 4) is 0 Å². The summed E-state index contributed by atoms with van der Waals surface area (Å²) in [5.74, 6) is -0.572. The molecule has 0 spiro atoms. The Labute approximate surface area is 125 Å². The quantitative estimate of drug-likeness (QED) is 0.848. The van der Waals surface area contributed by atoms with Crippen LogP contribution in [0.1, 0.15) is 18.4 Å². The van der Waals surface area contributed by atoms with Gasteiger partial charge in [0.25, 0.3) is 0 Å². The SMILES string of the molecule is Cc1nn(CC(=O)N2c3ccc(Cl)cc3CC2C)c(=O)o1. The second-order valence-corrected chi connectivity index (χ2v) is 5.57. The van der Waals surface area contributed by atoms with Gasteiger partial charge in [-0.15, -0.1) is 5.10 Å². The largest absolute Gasteiger partial charge is 0.437 e. The molecule has 0 N–H and O–H groups in total. The summed E-state index contributed by atoms with van der Waals surface area (Å²) in [6.07, 6.45) is 0.744. The monoisotopic (exact) mass is 307 g/mol. The van der Waals surface area contributed by atoms with Crippen molar-refractivity contribution in [3.63, 3.8) is 0 Å². The van der Waals surface area contributed by atoms with E-state index in [1.54, 1.807) is 17.9 Å². The van der Waals surface area contributed by atoms with Crippen LogP contribution >= 0.6 is 11.6 Å². The van der Waals surface area contributed by atoms with E-state index < -0.39 is 5.76 Å². The van der Waals surface area contributed by atoms with Gasteiger partial charge in [0.05, 0.1) is 0 Å². The second kappa shape index (κ2) is 5.04. The predicted molar refractivity (Wildman–Crippen MR) is 77.6 cm³/mol. The Bertz CT molecular complexity index is 765. The Morgan fingerprint density at radius 3 is 2.95 bits per heavy atom. The number of aryl methyl sites for hydroxylation is 1. The Morgan fingerprint density at radius 2 is 2.29 bits per heavy atom. The van der Waals surface area contributed by atoms with E-state index >= 15 is 0 Å². The highest BCUT2D eigenvalue weighted by atomic mass is 35.5. The molecule has 1 aliphatic rings. The van der Waals surface area contributed by atoms with Crippen molar-refractivity contribution >= 4 is 23.2 Å². The van der Waals surface area contributed by atoms with Gasteiger partial charge < -0.3 is 9.32 Å². The lowest BCUT2D eigenvalue weighted by atomic mass is 10.1. The number of hydrogen-bond donors (Lipinski definition) is 0. The fraction of sp³-hybridized carbons (Fsp3) is 0.357. The average Bonchev–Trinajstić information content (AvgIpc) is 2.87. The molecule has 21 heavy (non-hydrogen) atoms. The zero-order chi connectivity index (χ0) is 15.1. The van der Waals surface area contributed by atoms with E-state index in [4.69, 9.17) is 16.0 Å². The summed E-state index contributed by atoms with van der Waals surface area (Å²) < 4.78 is 5.84. The number of hydrogen-bond acceptors (Lipinski definition) is 4. The molecule has 1 aromatic carbocycles. The first-order valence-corrected chi connectivity index (χ1v) is 6.98. The molecule has 3 rings (SSSR count). The molecule has 110 valence electrons. The van der Waals surface area contributed by atoms with Gasteiger partial charge in [0.1, 0.15) is 6.54 Å². The van der Waals surface area contributed by atoms with Gasteiger partial charge in [0, 0.05) is 23.7 Å². The molecule has 1 amide bonds. The number of rotatable bonds is 2. The summed E-state index contributed by atoms with van der Waals surface area (Å²) in [6.45, 7) is 3.39. The van der Waals surface area contributed by atoms with Crippen molar-refractivity contribution in [1.82, 2.24) is 9.78 Å². The lowest BCUT2D eigenvalue weighted by molar-refractivity contribution is -0.119. The smallest absolute Gasteiger partial charge is 0.393 e. The molecule has 0 bridgehead atoms. The summed E-state index contributed by atoms with van der Waals surface area (Å²) in [5.41, 5.74) is 1.87. The van der Waals surface area contributed by atoms with Crippen molar-refractivity contribution in [2.75, 3.05) is 4.90 Å². The van der Waals surface area contributed by atoms with Crippen LogP contribution in [0.2, 0.25) is 5.02 Å². The van der Waals surface area contributed by atoms with Gasteiger partial charge in [-0.3, -0.25) is 4.79 Å². The predicted octanol–water partition coefficient (Wildman–Crippen LogP) is 1.78. The molecule has 7 heteroatoms. The maximum absolute atomic E-state index is 12.5. The van der Waals surface area contributed by atoms with Gasteiger partial charge in [0.2, 0.25) is 11.8 Å². The number of amides is 1. The standard InChI is InChI=1S/C14H14ClN3O3/c1-8-5-10-6-11(15)3-4-12(10)18(8)13(19)7-17-14(20)21-9(2)16-17/h3-4,6,8H,5,7H2,1-2H3. The summed E-state index contributed by atoms with van der Waals surface area (Å²) in [5, 5.41) is 4.54. The molecule has 0 saturated heterocycles. The third-order valence-electron chi connectivity index (χ3n) is 3.52. The average molecular weight is 308 g/mol. The molecule has 1 unspecified atom stereocenters. The number of halogens is 1. The molecule has 1 aliphatic heterocycles. The van der Waals surface area contributed by atoms with Crippen LogP contribution in [0, 0.1) is 6.92 Å². The molecule has 1 aromatic heterocycles. The minimum absolute atomic E-state index is 0.0228. The summed E-state index contributed by atoms with van der Waals surface area (Å²) in [4.78, 5) is 25.7. The number of carbonyl (C=O) groups excluding carboxylic acids is 1. The normalized spacial score (nSPS) is 17.1. The zero-order valence-electron chi connectivity index (χ0n) is 11.7. The van der Waals surface area contributed by atoms with Gasteiger partial charge in [0.15, 0.2) is 0 Å². The summed E-state index contributed by atoms with van der Waals surface area (Å²) in [6, 6.07) is 5.48. The molecule has 0 radical (unpaired) electrons. The maximum atomic E-state index is 12.5. The first kappa shape index (κ1) is 13.9. The number of benzene rings is 1. The molecule has 1 atom stereocenters. The number of carbonyl (C=O) groups is 1. The Morgan fingerprint density at radius 1 is 1.52 bits per heavy atom. The lowest BCUT2D eigenvalue weighted by Gasteiger charge is -2.22. The van der Waals surface area contributed by atoms with E-state index in [0.717, 1.165) is 22.4 Å². The Kier molecular flexibility index (Phi) is 3.33. The van der Waals surface area contributed by atoms with Gasteiger partial charge >= 0.3 is 5.76 Å². The molecule has 0 saturated carbocycles. The fourth-order valence-electron chi connectivity index (χ4n) is 2.69. The van der Waals surface area contributed by atoms with Gasteiger partial charge in [-0.1, -0.05) is 11.6 Å². The summed E-state index contributed by atoms with van der Waals surface area (Å²) >= 11 is 5.98. The Balaban J connectivity index is 1.89. The highest BCUT2D eigenvalue weighted by molar-refractivity contribution is 6.30. The first-order valence-electron chi connectivity index (χ1n) is 6.61. The molecule has 2 aromatic rings. The second-order valence-electron chi connectivity index (χ2n) is 5.13. The van der Waals surface area contributed by atoms with E-state index in [1.165, 1.54) is 0 Å². The van der Waals surface area contributed by atoms with Crippen molar-refractivity contribution in [3.05, 3.63) is 45.2 Å². The zero-order valence-corrected chi connectivity index (χ0v) is 12.4. The van der Waals surface area contributed by atoms with Crippen LogP contribution < -0.4 is 10.7 Å². The van der Waals surface area contributed by atoms with Crippen molar-refractivity contribution < 1.29 is 9.21 Å². The number of fused-ring (bicyclic) bond motifs is 1. The van der Waals surface area contributed by atoms with E-state index in [1.807, 2.05) is 19.1 Å². The number of nitrogens with zero attached hydrogens (tertiary/aromatic N) is 3. The third-order valence-corrected chi connectivity index (χ3v) is 3.75. The first-order chi connectivity index (χ1) is 9.95. The van der Waals surface area contributed by atoms with E-state index in [2.05, 4.69) is 5.10 Å². The fourth-order valence-corrected chi connectivity index (χ4v) is 2.89. The van der Waals surface area contributed by atoms with Crippen LogP contribution in [0.4, 0.5) is 5.69 Å². The van der Waals surface area contributed by atoms with Crippen LogP contribution in [-0.4, -0.2) is 21.7 Å². The lowest BCUT2D eigenvalue weighted by Crippen LogP contribution is -2.39. The van der Waals surface area contributed by atoms with Crippen molar-refractivity contribution in [1.29, 1.82) is 0 Å². The van der Waals surface area contributed by atoms with Gasteiger partial charge in [-0.05, 0) is 37.1 Å². The Hall–Kier alpha value is -2.08. The summed E-state index contributed by atoms with van der Waals surface area (Å²) in [7, 11) is 0. The van der Waals surface area contributed by atoms with Crippen LogP contribution in [0.3, 0.4) is 0 Å².